The number of carbonyl (C=O) groups excluding carboxylic acids is 1. The molecule has 0 radical (unpaired) electrons. The maximum Gasteiger partial charge on any atom is 0.275 e. The number of imidazole rings is 1. The lowest BCUT2D eigenvalue weighted by Gasteiger charge is -2.35. The highest BCUT2D eigenvalue weighted by atomic mass is 16.5. The summed E-state index contributed by atoms with van der Waals surface area (Å²) in [6, 6.07) is 7.79. The van der Waals surface area contributed by atoms with Crippen molar-refractivity contribution < 1.29 is 9.53 Å². The first-order valence-corrected chi connectivity index (χ1v) is 8.89. The molecule has 0 unspecified atom stereocenters. The number of rotatable bonds is 4. The molecule has 0 N–H and O–H groups in total. The Bertz CT molecular complexity index is 958. The maximum absolute atomic E-state index is 13.4. The SMILES string of the molecule is CCOC[C@H]1Cc2c(ncn2C)CN1C(=O)c1nn(C)c2ccccc12. The van der Waals surface area contributed by atoms with Crippen LogP contribution in [0, 0.1) is 0 Å². The van der Waals surface area contributed by atoms with Gasteiger partial charge in [-0.2, -0.15) is 5.10 Å². The molecule has 3 heterocycles. The van der Waals surface area contributed by atoms with Gasteiger partial charge < -0.3 is 14.2 Å². The van der Waals surface area contributed by atoms with Crippen molar-refractivity contribution in [2.24, 2.45) is 14.1 Å². The van der Waals surface area contributed by atoms with Gasteiger partial charge in [0.2, 0.25) is 0 Å². The number of benzene rings is 1. The summed E-state index contributed by atoms with van der Waals surface area (Å²) in [7, 11) is 3.86. The molecule has 1 aliphatic heterocycles. The standard InChI is InChI=1S/C19H23N5O2/c1-4-26-11-13-9-17-15(20-12-22(17)2)10-24(13)19(25)18-14-7-5-6-8-16(14)23(3)21-18/h5-8,12-13H,4,9-11H2,1-3H3/t13-/m1/s1. The number of hydrogen-bond donors (Lipinski definition) is 0. The van der Waals surface area contributed by atoms with Gasteiger partial charge in [-0.15, -0.1) is 0 Å². The van der Waals surface area contributed by atoms with Crippen LogP contribution in [0.25, 0.3) is 10.9 Å². The van der Waals surface area contributed by atoms with E-state index in [2.05, 4.69) is 10.1 Å². The first kappa shape index (κ1) is 16.8. The Hall–Kier alpha value is -2.67. The highest BCUT2D eigenvalue weighted by Crippen LogP contribution is 2.26. The van der Waals surface area contributed by atoms with Crippen molar-refractivity contribution in [2.45, 2.75) is 25.9 Å². The quantitative estimate of drug-likeness (QED) is 0.719. The molecule has 7 nitrogen and oxygen atoms in total. The molecule has 1 amide bonds. The van der Waals surface area contributed by atoms with E-state index in [9.17, 15) is 4.79 Å². The average molecular weight is 353 g/mol. The number of aromatic nitrogens is 4. The fraction of sp³-hybridized carbons (Fsp3) is 0.421. The first-order chi connectivity index (χ1) is 12.6. The van der Waals surface area contributed by atoms with Gasteiger partial charge in [-0.05, 0) is 13.0 Å². The van der Waals surface area contributed by atoms with Crippen LogP contribution in [0.4, 0.5) is 0 Å². The van der Waals surface area contributed by atoms with Gasteiger partial charge in [-0.1, -0.05) is 18.2 Å². The van der Waals surface area contributed by atoms with Crippen LogP contribution < -0.4 is 0 Å². The Morgan fingerprint density at radius 2 is 2.12 bits per heavy atom. The van der Waals surface area contributed by atoms with Gasteiger partial charge in [-0.3, -0.25) is 9.48 Å². The third-order valence-corrected chi connectivity index (χ3v) is 5.07. The third kappa shape index (κ3) is 2.68. The minimum atomic E-state index is -0.0668. The molecule has 0 spiro atoms. The van der Waals surface area contributed by atoms with Gasteiger partial charge in [0.1, 0.15) is 0 Å². The van der Waals surface area contributed by atoms with Gasteiger partial charge in [0, 0.05) is 38.2 Å². The molecule has 0 aliphatic carbocycles. The Morgan fingerprint density at radius 1 is 1.31 bits per heavy atom. The van der Waals surface area contributed by atoms with Crippen LogP contribution >= 0.6 is 0 Å². The smallest absolute Gasteiger partial charge is 0.275 e. The van der Waals surface area contributed by atoms with E-state index in [0.717, 1.165) is 23.0 Å². The average Bonchev–Trinajstić information content (AvgIpc) is 3.19. The lowest BCUT2D eigenvalue weighted by molar-refractivity contribution is 0.0383. The molecule has 0 saturated heterocycles. The number of ether oxygens (including phenoxy) is 1. The molecule has 0 bridgehead atoms. The highest BCUT2D eigenvalue weighted by molar-refractivity contribution is 6.05. The van der Waals surface area contributed by atoms with E-state index >= 15 is 0 Å². The van der Waals surface area contributed by atoms with E-state index in [-0.39, 0.29) is 11.9 Å². The maximum atomic E-state index is 13.4. The largest absolute Gasteiger partial charge is 0.380 e. The normalized spacial score (nSPS) is 16.9. The van der Waals surface area contributed by atoms with Crippen LogP contribution in [0.2, 0.25) is 0 Å². The topological polar surface area (TPSA) is 65.2 Å². The van der Waals surface area contributed by atoms with Gasteiger partial charge in [0.05, 0.1) is 36.7 Å². The predicted molar refractivity (Wildman–Crippen MR) is 97.8 cm³/mol. The van der Waals surface area contributed by atoms with Crippen molar-refractivity contribution in [3.63, 3.8) is 0 Å². The summed E-state index contributed by atoms with van der Waals surface area (Å²) in [5.41, 5.74) is 3.56. The number of para-hydroxylation sites is 1. The fourth-order valence-corrected chi connectivity index (χ4v) is 3.67. The number of aryl methyl sites for hydroxylation is 2. The van der Waals surface area contributed by atoms with Gasteiger partial charge in [0.15, 0.2) is 5.69 Å². The van der Waals surface area contributed by atoms with Crippen molar-refractivity contribution >= 4 is 16.8 Å². The van der Waals surface area contributed by atoms with Crippen LogP contribution in [0.3, 0.4) is 0 Å². The second-order valence-electron chi connectivity index (χ2n) is 6.69. The van der Waals surface area contributed by atoms with Crippen molar-refractivity contribution in [3.8, 4) is 0 Å². The molecular formula is C19H23N5O2. The molecule has 0 fully saturated rings. The molecule has 26 heavy (non-hydrogen) atoms. The van der Waals surface area contributed by atoms with Crippen LogP contribution in [0.15, 0.2) is 30.6 Å². The van der Waals surface area contributed by atoms with Crippen molar-refractivity contribution in [1.82, 2.24) is 24.2 Å². The Morgan fingerprint density at radius 3 is 2.92 bits per heavy atom. The van der Waals surface area contributed by atoms with Gasteiger partial charge in [-0.25, -0.2) is 4.98 Å². The summed E-state index contributed by atoms with van der Waals surface area (Å²) < 4.78 is 9.46. The number of carbonyl (C=O) groups is 1. The van der Waals surface area contributed by atoms with Crippen LogP contribution in [0.1, 0.15) is 28.8 Å². The Balaban J connectivity index is 1.72. The fourth-order valence-electron chi connectivity index (χ4n) is 3.67. The van der Waals surface area contributed by atoms with Crippen molar-refractivity contribution in [2.75, 3.05) is 13.2 Å². The van der Waals surface area contributed by atoms with Crippen molar-refractivity contribution in [3.05, 3.63) is 47.7 Å². The molecule has 1 aromatic carbocycles. The number of amides is 1. The van der Waals surface area contributed by atoms with E-state index in [4.69, 9.17) is 4.74 Å². The molecule has 3 aromatic rings. The summed E-state index contributed by atoms with van der Waals surface area (Å²) in [6.07, 6.45) is 2.55. The number of fused-ring (bicyclic) bond motifs is 2. The minimum absolute atomic E-state index is 0.0221. The van der Waals surface area contributed by atoms with Gasteiger partial charge >= 0.3 is 0 Å². The minimum Gasteiger partial charge on any atom is -0.380 e. The first-order valence-electron chi connectivity index (χ1n) is 8.89. The molecule has 1 aliphatic rings. The highest BCUT2D eigenvalue weighted by Gasteiger charge is 2.34. The third-order valence-electron chi connectivity index (χ3n) is 5.07. The number of hydrogen-bond acceptors (Lipinski definition) is 4. The lowest BCUT2D eigenvalue weighted by atomic mass is 10.0. The zero-order chi connectivity index (χ0) is 18.3. The molecule has 2 aromatic heterocycles. The molecule has 136 valence electrons. The molecular weight excluding hydrogens is 330 g/mol. The summed E-state index contributed by atoms with van der Waals surface area (Å²) in [5, 5.41) is 5.38. The van der Waals surface area contributed by atoms with E-state index in [1.54, 1.807) is 4.68 Å². The predicted octanol–water partition coefficient (Wildman–Crippen LogP) is 1.91. The summed E-state index contributed by atoms with van der Waals surface area (Å²) >= 11 is 0. The van der Waals surface area contributed by atoms with Crippen LogP contribution in [-0.2, 0) is 31.8 Å². The Kier molecular flexibility index (Phi) is 4.24. The summed E-state index contributed by atoms with van der Waals surface area (Å²) in [4.78, 5) is 19.7. The van der Waals surface area contributed by atoms with Crippen LogP contribution in [-0.4, -0.2) is 49.4 Å². The summed E-state index contributed by atoms with van der Waals surface area (Å²) in [5.74, 6) is -0.0668. The second kappa shape index (κ2) is 6.57. The van der Waals surface area contributed by atoms with E-state index < -0.39 is 0 Å². The zero-order valence-corrected chi connectivity index (χ0v) is 15.3. The lowest BCUT2D eigenvalue weighted by Crippen LogP contribution is -2.47. The molecule has 1 atom stereocenters. The second-order valence-corrected chi connectivity index (χ2v) is 6.69. The monoisotopic (exact) mass is 353 g/mol. The van der Waals surface area contributed by atoms with Crippen molar-refractivity contribution in [1.29, 1.82) is 0 Å². The molecule has 0 saturated carbocycles. The molecule has 7 heteroatoms. The van der Waals surface area contributed by atoms with E-state index in [1.165, 1.54) is 5.69 Å². The van der Waals surface area contributed by atoms with Gasteiger partial charge in [0.25, 0.3) is 5.91 Å². The van der Waals surface area contributed by atoms with Crippen LogP contribution in [0.5, 0.6) is 0 Å². The zero-order valence-electron chi connectivity index (χ0n) is 15.3. The number of nitrogens with zero attached hydrogens (tertiary/aromatic N) is 5. The van der Waals surface area contributed by atoms with E-state index in [0.29, 0.717) is 25.5 Å². The molecule has 4 rings (SSSR count). The van der Waals surface area contributed by atoms with E-state index in [1.807, 2.05) is 61.1 Å². The summed E-state index contributed by atoms with van der Waals surface area (Å²) in [6.45, 7) is 3.59. The Labute approximate surface area is 152 Å².